The summed E-state index contributed by atoms with van der Waals surface area (Å²) >= 11 is 0. The van der Waals surface area contributed by atoms with E-state index >= 15 is 0 Å². The molecule has 0 aromatic rings. The summed E-state index contributed by atoms with van der Waals surface area (Å²) in [5.41, 5.74) is 1.18. The van der Waals surface area contributed by atoms with Crippen LogP contribution in [0.1, 0.15) is 34.1 Å². The Morgan fingerprint density at radius 2 is 1.92 bits per heavy atom. The number of ketones is 1. The molecule has 0 radical (unpaired) electrons. The number of rotatable bonds is 4. The Bertz CT molecular complexity index is 177. The first-order valence-electron chi connectivity index (χ1n) is 4.22. The van der Waals surface area contributed by atoms with Gasteiger partial charge >= 0.3 is 0 Å². The van der Waals surface area contributed by atoms with Gasteiger partial charge in [0, 0.05) is 5.70 Å². The fourth-order valence-electron chi connectivity index (χ4n) is 0.952. The zero-order chi connectivity index (χ0) is 9.78. The van der Waals surface area contributed by atoms with E-state index in [0.29, 0.717) is 6.54 Å². The van der Waals surface area contributed by atoms with Gasteiger partial charge in [-0.2, -0.15) is 0 Å². The number of nitrogens with one attached hydrogen (secondary N) is 1. The summed E-state index contributed by atoms with van der Waals surface area (Å²) in [4.78, 5) is 10.6. The summed E-state index contributed by atoms with van der Waals surface area (Å²) in [6, 6.07) is 0. The van der Waals surface area contributed by atoms with Gasteiger partial charge in [-0.3, -0.25) is 4.79 Å². The Labute approximate surface area is 75.0 Å². The lowest BCUT2D eigenvalue weighted by atomic mass is 9.91. The maximum absolute atomic E-state index is 10.6. The number of hydrogen-bond acceptors (Lipinski definition) is 2. The van der Waals surface area contributed by atoms with Gasteiger partial charge in [-0.25, -0.2) is 0 Å². The molecule has 0 unspecified atom stereocenters. The average molecular weight is 169 g/mol. The monoisotopic (exact) mass is 169 g/mol. The number of hydrogen-bond donors (Lipinski definition) is 1. The maximum Gasteiger partial charge on any atom is 0.148 e. The van der Waals surface area contributed by atoms with E-state index in [1.807, 2.05) is 0 Å². The minimum Gasteiger partial charge on any atom is -0.382 e. The fourth-order valence-corrected chi connectivity index (χ4v) is 0.952. The van der Waals surface area contributed by atoms with Crippen LogP contribution >= 0.6 is 0 Å². The van der Waals surface area contributed by atoms with Crippen LogP contribution in [0.25, 0.3) is 0 Å². The minimum absolute atomic E-state index is 0.144. The van der Waals surface area contributed by atoms with Crippen molar-refractivity contribution in [1.82, 2.24) is 5.32 Å². The SMILES string of the molecule is C=C(CC(C)(C)C)NCC(C)=O. The van der Waals surface area contributed by atoms with Crippen molar-refractivity contribution in [3.8, 4) is 0 Å². The van der Waals surface area contributed by atoms with Crippen LogP contribution in [0.15, 0.2) is 12.3 Å². The molecule has 0 aliphatic rings. The lowest BCUT2D eigenvalue weighted by molar-refractivity contribution is -0.116. The highest BCUT2D eigenvalue weighted by molar-refractivity contribution is 5.77. The molecule has 0 rings (SSSR count). The van der Waals surface area contributed by atoms with Gasteiger partial charge in [0.2, 0.25) is 0 Å². The number of carbonyl (C=O) groups is 1. The van der Waals surface area contributed by atoms with Crippen LogP contribution in [0, 0.1) is 5.41 Å². The minimum atomic E-state index is 0.144. The standard InChI is InChI=1S/C10H19NO/c1-8(6-10(3,4)5)11-7-9(2)12/h11H,1,6-7H2,2-5H3. The maximum atomic E-state index is 10.6. The summed E-state index contributed by atoms with van der Waals surface area (Å²) in [5, 5.41) is 2.99. The topological polar surface area (TPSA) is 29.1 Å². The smallest absolute Gasteiger partial charge is 0.148 e. The van der Waals surface area contributed by atoms with Crippen molar-refractivity contribution in [1.29, 1.82) is 0 Å². The van der Waals surface area contributed by atoms with Gasteiger partial charge in [-0.05, 0) is 18.8 Å². The van der Waals surface area contributed by atoms with Crippen molar-refractivity contribution in [2.75, 3.05) is 6.54 Å². The molecule has 0 amide bonds. The highest BCUT2D eigenvalue weighted by atomic mass is 16.1. The van der Waals surface area contributed by atoms with Crippen LogP contribution in [-0.4, -0.2) is 12.3 Å². The summed E-state index contributed by atoms with van der Waals surface area (Å²) in [5.74, 6) is 0.144. The van der Waals surface area contributed by atoms with E-state index in [2.05, 4.69) is 32.7 Å². The Morgan fingerprint density at radius 3 is 2.25 bits per heavy atom. The molecule has 0 bridgehead atoms. The number of carbonyl (C=O) groups excluding carboxylic acids is 1. The highest BCUT2D eigenvalue weighted by Gasteiger charge is 2.11. The van der Waals surface area contributed by atoms with Crippen molar-refractivity contribution in [3.05, 3.63) is 12.3 Å². The van der Waals surface area contributed by atoms with Gasteiger partial charge in [-0.1, -0.05) is 27.4 Å². The van der Waals surface area contributed by atoms with E-state index in [9.17, 15) is 4.79 Å². The molecule has 12 heavy (non-hydrogen) atoms. The molecular weight excluding hydrogens is 150 g/mol. The number of Topliss-reactive ketones (excluding diaryl/α,β-unsaturated/α-hetero) is 1. The molecule has 0 saturated heterocycles. The van der Waals surface area contributed by atoms with Crippen molar-refractivity contribution in [3.63, 3.8) is 0 Å². The molecule has 0 heterocycles. The molecule has 0 aromatic heterocycles. The quantitative estimate of drug-likeness (QED) is 0.698. The molecule has 1 N–H and O–H groups in total. The molecule has 0 aliphatic heterocycles. The molecule has 2 nitrogen and oxygen atoms in total. The van der Waals surface area contributed by atoms with Gasteiger partial charge in [-0.15, -0.1) is 0 Å². The van der Waals surface area contributed by atoms with Crippen molar-refractivity contribution in [2.45, 2.75) is 34.1 Å². The lowest BCUT2D eigenvalue weighted by Crippen LogP contribution is -2.22. The second-order valence-corrected chi connectivity index (χ2v) is 4.40. The predicted octanol–water partition coefficient (Wildman–Crippen LogP) is 2.11. The molecule has 2 heteroatoms. The molecule has 0 saturated carbocycles. The Hall–Kier alpha value is -0.790. The molecule has 0 atom stereocenters. The fraction of sp³-hybridized carbons (Fsp3) is 0.700. The van der Waals surface area contributed by atoms with Gasteiger partial charge in [0.1, 0.15) is 5.78 Å². The van der Waals surface area contributed by atoms with Crippen LogP contribution in [0.2, 0.25) is 0 Å². The normalized spacial score (nSPS) is 11.0. The van der Waals surface area contributed by atoms with Crippen molar-refractivity contribution in [2.24, 2.45) is 5.41 Å². The van der Waals surface area contributed by atoms with Crippen LogP contribution in [0.4, 0.5) is 0 Å². The largest absolute Gasteiger partial charge is 0.382 e. The number of allylic oxidation sites excluding steroid dienone is 1. The van der Waals surface area contributed by atoms with Crippen LogP contribution in [0.3, 0.4) is 0 Å². The van der Waals surface area contributed by atoms with Crippen molar-refractivity contribution >= 4 is 5.78 Å². The molecule has 0 aliphatic carbocycles. The van der Waals surface area contributed by atoms with Gasteiger partial charge in [0.25, 0.3) is 0 Å². The summed E-state index contributed by atoms with van der Waals surface area (Å²) in [7, 11) is 0. The third-order valence-electron chi connectivity index (χ3n) is 1.33. The molecular formula is C10H19NO. The van der Waals surface area contributed by atoms with E-state index in [1.54, 1.807) is 6.92 Å². The zero-order valence-electron chi connectivity index (χ0n) is 8.53. The predicted molar refractivity (Wildman–Crippen MR) is 51.9 cm³/mol. The second-order valence-electron chi connectivity index (χ2n) is 4.40. The Balaban J connectivity index is 3.68. The first-order valence-corrected chi connectivity index (χ1v) is 4.22. The van der Waals surface area contributed by atoms with E-state index in [0.717, 1.165) is 12.1 Å². The highest BCUT2D eigenvalue weighted by Crippen LogP contribution is 2.21. The van der Waals surface area contributed by atoms with Gasteiger partial charge < -0.3 is 5.32 Å². The van der Waals surface area contributed by atoms with Crippen molar-refractivity contribution < 1.29 is 4.79 Å². The van der Waals surface area contributed by atoms with Crippen LogP contribution in [-0.2, 0) is 4.79 Å². The summed E-state index contributed by atoms with van der Waals surface area (Å²) in [6.45, 7) is 12.3. The van der Waals surface area contributed by atoms with Crippen LogP contribution < -0.4 is 5.32 Å². The zero-order valence-corrected chi connectivity index (χ0v) is 8.53. The molecule has 0 fully saturated rings. The van der Waals surface area contributed by atoms with Gasteiger partial charge in [0.15, 0.2) is 0 Å². The van der Waals surface area contributed by atoms with E-state index in [-0.39, 0.29) is 11.2 Å². The average Bonchev–Trinajstić information content (AvgIpc) is 1.79. The first kappa shape index (κ1) is 11.2. The third-order valence-corrected chi connectivity index (χ3v) is 1.33. The van der Waals surface area contributed by atoms with E-state index < -0.39 is 0 Å². The van der Waals surface area contributed by atoms with Gasteiger partial charge in [0.05, 0.1) is 6.54 Å². The lowest BCUT2D eigenvalue weighted by Gasteiger charge is -2.20. The first-order chi connectivity index (χ1) is 5.31. The molecule has 70 valence electrons. The Morgan fingerprint density at radius 1 is 1.42 bits per heavy atom. The second kappa shape index (κ2) is 4.29. The summed E-state index contributed by atoms with van der Waals surface area (Å²) in [6.07, 6.45) is 0.903. The van der Waals surface area contributed by atoms with Crippen LogP contribution in [0.5, 0.6) is 0 Å². The molecule has 0 spiro atoms. The van der Waals surface area contributed by atoms with E-state index in [1.165, 1.54) is 0 Å². The van der Waals surface area contributed by atoms with E-state index in [4.69, 9.17) is 0 Å². The Kier molecular flexibility index (Phi) is 4.01. The third kappa shape index (κ3) is 7.32. The molecule has 0 aromatic carbocycles. The summed E-state index contributed by atoms with van der Waals surface area (Å²) < 4.78 is 0.